The lowest BCUT2D eigenvalue weighted by molar-refractivity contribution is -0.139. The highest BCUT2D eigenvalue weighted by molar-refractivity contribution is 5.71. The van der Waals surface area contributed by atoms with E-state index in [4.69, 9.17) is 4.74 Å². The van der Waals surface area contributed by atoms with Gasteiger partial charge in [-0.15, -0.1) is 0 Å². The Morgan fingerprint density at radius 2 is 1.80 bits per heavy atom. The third-order valence-corrected chi connectivity index (χ3v) is 2.70. The number of nitrogens with one attached hydrogen (secondary N) is 1. The highest BCUT2D eigenvalue weighted by Crippen LogP contribution is 2.21. The Balaban J connectivity index is 1.92. The van der Waals surface area contributed by atoms with Crippen LogP contribution in [0, 0.1) is 0 Å². The summed E-state index contributed by atoms with van der Waals surface area (Å²) >= 11 is 0. The highest BCUT2D eigenvalue weighted by Gasteiger charge is 2.01. The molecular weight excluding hydrogens is 254 g/mol. The van der Waals surface area contributed by atoms with Crippen LogP contribution in [0.4, 0.5) is 0 Å². The van der Waals surface area contributed by atoms with Gasteiger partial charge in [-0.1, -0.05) is 30.3 Å². The second kappa shape index (κ2) is 7.31. The lowest BCUT2D eigenvalue weighted by Crippen LogP contribution is -2.23. The first-order valence-electron chi connectivity index (χ1n) is 6.37. The van der Waals surface area contributed by atoms with E-state index in [1.54, 1.807) is 0 Å². The summed E-state index contributed by atoms with van der Waals surface area (Å²) in [4.78, 5) is 11.0. The van der Waals surface area contributed by atoms with E-state index in [-0.39, 0.29) is 12.5 Å². The van der Waals surface area contributed by atoms with Gasteiger partial charge >= 0.3 is 5.97 Å². The molecule has 0 aliphatic carbocycles. The van der Waals surface area contributed by atoms with Gasteiger partial charge in [0.25, 0.3) is 0 Å². The van der Waals surface area contributed by atoms with Gasteiger partial charge in [-0.25, -0.2) is 0 Å². The zero-order valence-electron chi connectivity index (χ0n) is 11.3. The minimum Gasteiger partial charge on any atom is -0.468 e. The molecule has 0 saturated carbocycles. The fourth-order valence-electron chi connectivity index (χ4n) is 1.72. The van der Waals surface area contributed by atoms with Gasteiger partial charge in [0.15, 0.2) is 0 Å². The maximum Gasteiger partial charge on any atom is 0.319 e. The van der Waals surface area contributed by atoms with Crippen molar-refractivity contribution in [3.8, 4) is 11.5 Å². The SMILES string of the molecule is COC(=O)CNCc1cccc(Oc2ccccc2)c1. The molecule has 0 saturated heterocycles. The Bertz CT molecular complexity index is 555. The van der Waals surface area contributed by atoms with E-state index in [1.807, 2.05) is 54.6 Å². The molecule has 2 aromatic rings. The molecule has 2 aromatic carbocycles. The molecule has 4 nitrogen and oxygen atoms in total. The van der Waals surface area contributed by atoms with Crippen molar-refractivity contribution in [3.05, 3.63) is 60.2 Å². The number of esters is 1. The molecule has 1 N–H and O–H groups in total. The molecule has 104 valence electrons. The Hall–Kier alpha value is -2.33. The van der Waals surface area contributed by atoms with Gasteiger partial charge in [-0.2, -0.15) is 0 Å². The first-order chi connectivity index (χ1) is 9.78. The molecule has 0 amide bonds. The van der Waals surface area contributed by atoms with Crippen LogP contribution in [-0.4, -0.2) is 19.6 Å². The van der Waals surface area contributed by atoms with Gasteiger partial charge < -0.3 is 14.8 Å². The third kappa shape index (κ3) is 4.40. The summed E-state index contributed by atoms with van der Waals surface area (Å²) < 4.78 is 10.3. The number of para-hydroxylation sites is 1. The molecule has 0 fully saturated rings. The molecular formula is C16H17NO3. The van der Waals surface area contributed by atoms with Gasteiger partial charge in [0.05, 0.1) is 13.7 Å². The molecule has 0 heterocycles. The number of ether oxygens (including phenoxy) is 2. The Kier molecular flexibility index (Phi) is 5.15. The number of rotatable bonds is 6. The van der Waals surface area contributed by atoms with Crippen molar-refractivity contribution >= 4 is 5.97 Å². The van der Waals surface area contributed by atoms with Crippen molar-refractivity contribution in [2.45, 2.75) is 6.54 Å². The van der Waals surface area contributed by atoms with E-state index in [0.29, 0.717) is 6.54 Å². The van der Waals surface area contributed by atoms with Crippen LogP contribution >= 0.6 is 0 Å². The topological polar surface area (TPSA) is 47.6 Å². The summed E-state index contributed by atoms with van der Waals surface area (Å²) in [7, 11) is 1.37. The van der Waals surface area contributed by atoms with Crippen LogP contribution < -0.4 is 10.1 Å². The summed E-state index contributed by atoms with van der Waals surface area (Å²) in [6, 6.07) is 17.3. The minimum atomic E-state index is -0.276. The van der Waals surface area contributed by atoms with Crippen LogP contribution in [0.3, 0.4) is 0 Å². The molecule has 20 heavy (non-hydrogen) atoms. The van der Waals surface area contributed by atoms with Crippen LogP contribution in [-0.2, 0) is 16.1 Å². The van der Waals surface area contributed by atoms with E-state index in [2.05, 4.69) is 10.1 Å². The highest BCUT2D eigenvalue weighted by atomic mass is 16.5. The molecule has 0 aliphatic heterocycles. The van der Waals surface area contributed by atoms with E-state index in [9.17, 15) is 4.79 Å². The van der Waals surface area contributed by atoms with Crippen LogP contribution in [0.15, 0.2) is 54.6 Å². The fourth-order valence-corrected chi connectivity index (χ4v) is 1.72. The first kappa shape index (κ1) is 14.1. The van der Waals surface area contributed by atoms with Crippen LogP contribution in [0.5, 0.6) is 11.5 Å². The van der Waals surface area contributed by atoms with E-state index in [1.165, 1.54) is 7.11 Å². The number of hydrogen-bond acceptors (Lipinski definition) is 4. The zero-order chi connectivity index (χ0) is 14.2. The zero-order valence-corrected chi connectivity index (χ0v) is 11.3. The van der Waals surface area contributed by atoms with Crippen molar-refractivity contribution < 1.29 is 14.3 Å². The quantitative estimate of drug-likeness (QED) is 0.821. The second-order valence-corrected chi connectivity index (χ2v) is 4.24. The van der Waals surface area contributed by atoms with Crippen LogP contribution in [0.25, 0.3) is 0 Å². The number of hydrogen-bond donors (Lipinski definition) is 1. The largest absolute Gasteiger partial charge is 0.468 e. The van der Waals surface area contributed by atoms with Crippen molar-refractivity contribution in [1.82, 2.24) is 5.32 Å². The average Bonchev–Trinajstić information content (AvgIpc) is 2.48. The lowest BCUT2D eigenvalue weighted by Gasteiger charge is -2.08. The smallest absolute Gasteiger partial charge is 0.319 e. The summed E-state index contributed by atoms with van der Waals surface area (Å²) in [6.45, 7) is 0.779. The molecule has 0 bridgehead atoms. The maximum atomic E-state index is 11.0. The summed E-state index contributed by atoms with van der Waals surface area (Å²) in [6.07, 6.45) is 0. The Labute approximate surface area is 118 Å². The molecule has 0 unspecified atom stereocenters. The monoisotopic (exact) mass is 271 g/mol. The first-order valence-corrected chi connectivity index (χ1v) is 6.37. The van der Waals surface area contributed by atoms with Gasteiger partial charge in [0.1, 0.15) is 11.5 Å². The molecule has 0 aromatic heterocycles. The van der Waals surface area contributed by atoms with Gasteiger partial charge in [-0.3, -0.25) is 4.79 Å². The van der Waals surface area contributed by atoms with Crippen LogP contribution in [0.2, 0.25) is 0 Å². The van der Waals surface area contributed by atoms with E-state index >= 15 is 0 Å². The molecule has 0 atom stereocenters. The minimum absolute atomic E-state index is 0.195. The van der Waals surface area contributed by atoms with E-state index < -0.39 is 0 Å². The Morgan fingerprint density at radius 1 is 1.05 bits per heavy atom. The number of benzene rings is 2. The molecule has 0 spiro atoms. The van der Waals surface area contributed by atoms with Gasteiger partial charge in [0.2, 0.25) is 0 Å². The van der Waals surface area contributed by atoms with Crippen molar-refractivity contribution in [3.63, 3.8) is 0 Å². The Morgan fingerprint density at radius 3 is 2.55 bits per heavy atom. The third-order valence-electron chi connectivity index (χ3n) is 2.70. The predicted molar refractivity (Wildman–Crippen MR) is 76.7 cm³/mol. The summed E-state index contributed by atoms with van der Waals surface area (Å²) in [5, 5.41) is 3.01. The summed E-state index contributed by atoms with van der Waals surface area (Å²) in [5.41, 5.74) is 1.04. The van der Waals surface area contributed by atoms with Crippen molar-refractivity contribution in [1.29, 1.82) is 0 Å². The number of carbonyl (C=O) groups is 1. The van der Waals surface area contributed by atoms with E-state index in [0.717, 1.165) is 17.1 Å². The number of carbonyl (C=O) groups excluding carboxylic acids is 1. The van der Waals surface area contributed by atoms with Crippen LogP contribution in [0.1, 0.15) is 5.56 Å². The van der Waals surface area contributed by atoms with Crippen molar-refractivity contribution in [2.75, 3.05) is 13.7 Å². The molecule has 0 aliphatic rings. The predicted octanol–water partition coefficient (Wildman–Crippen LogP) is 2.74. The molecule has 4 heteroatoms. The van der Waals surface area contributed by atoms with Gasteiger partial charge in [-0.05, 0) is 29.8 Å². The number of methoxy groups -OCH3 is 1. The molecule has 0 radical (unpaired) electrons. The standard InChI is InChI=1S/C16H17NO3/c1-19-16(18)12-17-11-13-6-5-9-15(10-13)20-14-7-3-2-4-8-14/h2-10,17H,11-12H2,1H3. The fraction of sp³-hybridized carbons (Fsp3) is 0.188. The van der Waals surface area contributed by atoms with Gasteiger partial charge in [0, 0.05) is 6.54 Å². The molecule has 2 rings (SSSR count). The second-order valence-electron chi connectivity index (χ2n) is 4.24. The summed E-state index contributed by atoms with van der Waals surface area (Å²) in [5.74, 6) is 1.29. The maximum absolute atomic E-state index is 11.0. The average molecular weight is 271 g/mol. The normalized spacial score (nSPS) is 10.1. The lowest BCUT2D eigenvalue weighted by atomic mass is 10.2. The van der Waals surface area contributed by atoms with Crippen molar-refractivity contribution in [2.24, 2.45) is 0 Å².